The van der Waals surface area contributed by atoms with Gasteiger partial charge in [-0.15, -0.1) is 10.2 Å². The fraction of sp³-hybridized carbons (Fsp3) is 0.200. The van der Waals surface area contributed by atoms with Crippen LogP contribution in [-0.2, 0) is 17.6 Å². The van der Waals surface area contributed by atoms with Crippen molar-refractivity contribution >= 4 is 34.5 Å². The Morgan fingerprint density at radius 1 is 0.926 bits per heavy atom. The first-order chi connectivity index (χ1) is 13.1. The number of carbonyl (C=O) groups is 2. The highest BCUT2D eigenvalue weighted by Gasteiger charge is 2.14. The second-order valence-electron chi connectivity index (χ2n) is 5.92. The van der Waals surface area contributed by atoms with Gasteiger partial charge in [0, 0.05) is 24.2 Å². The Labute approximate surface area is 161 Å². The third-order valence-corrected chi connectivity index (χ3v) is 4.89. The van der Waals surface area contributed by atoms with Crippen LogP contribution in [0.5, 0.6) is 0 Å². The molecule has 0 saturated heterocycles. The molecule has 1 heterocycles. The molecule has 1 aromatic heterocycles. The van der Waals surface area contributed by atoms with Crippen LogP contribution < -0.4 is 10.6 Å². The highest BCUT2D eigenvalue weighted by Crippen LogP contribution is 2.15. The van der Waals surface area contributed by atoms with Gasteiger partial charge in [-0.25, -0.2) is 0 Å². The molecule has 0 fully saturated rings. The summed E-state index contributed by atoms with van der Waals surface area (Å²) in [5, 5.41) is 14.5. The Hall–Kier alpha value is -3.06. The summed E-state index contributed by atoms with van der Waals surface area (Å²) in [6, 6.07) is 17.0. The number of rotatable bonds is 7. The van der Waals surface area contributed by atoms with Crippen LogP contribution >= 0.6 is 11.3 Å². The van der Waals surface area contributed by atoms with Crippen molar-refractivity contribution in [1.29, 1.82) is 0 Å². The van der Waals surface area contributed by atoms with E-state index >= 15 is 0 Å². The molecule has 138 valence electrons. The van der Waals surface area contributed by atoms with Crippen LogP contribution in [0.3, 0.4) is 0 Å². The van der Waals surface area contributed by atoms with Gasteiger partial charge in [0.1, 0.15) is 5.01 Å². The second-order valence-corrected chi connectivity index (χ2v) is 6.98. The third-order valence-electron chi connectivity index (χ3n) is 3.90. The summed E-state index contributed by atoms with van der Waals surface area (Å²) in [6.45, 7) is 2.09. The third kappa shape index (κ3) is 5.46. The number of aromatic nitrogens is 2. The van der Waals surface area contributed by atoms with E-state index in [0.29, 0.717) is 17.1 Å². The van der Waals surface area contributed by atoms with Gasteiger partial charge in [0.05, 0.1) is 0 Å². The maximum Gasteiger partial charge on any atom is 0.286 e. The number of carbonyl (C=O) groups excluding carboxylic acids is 2. The summed E-state index contributed by atoms with van der Waals surface area (Å²) < 4.78 is 0. The molecule has 3 rings (SSSR count). The minimum Gasteiger partial charge on any atom is -0.326 e. The molecule has 0 aliphatic rings. The van der Waals surface area contributed by atoms with E-state index in [4.69, 9.17) is 0 Å². The Kier molecular flexibility index (Phi) is 6.27. The topological polar surface area (TPSA) is 84.0 Å². The van der Waals surface area contributed by atoms with Crippen molar-refractivity contribution in [1.82, 2.24) is 10.2 Å². The van der Waals surface area contributed by atoms with E-state index < -0.39 is 0 Å². The fourth-order valence-electron chi connectivity index (χ4n) is 2.42. The number of hydrogen-bond donors (Lipinski definition) is 2. The van der Waals surface area contributed by atoms with E-state index in [9.17, 15) is 9.59 Å². The van der Waals surface area contributed by atoms with Crippen molar-refractivity contribution in [3.05, 3.63) is 70.2 Å². The number of nitrogens with one attached hydrogen (secondary N) is 2. The molecule has 3 aromatic rings. The van der Waals surface area contributed by atoms with E-state index in [1.807, 2.05) is 42.5 Å². The van der Waals surface area contributed by atoms with Gasteiger partial charge in [0.2, 0.25) is 10.9 Å². The lowest BCUT2D eigenvalue weighted by Gasteiger charge is -2.05. The van der Waals surface area contributed by atoms with Gasteiger partial charge in [0.15, 0.2) is 0 Å². The molecule has 0 bridgehead atoms. The molecule has 0 spiro atoms. The van der Waals surface area contributed by atoms with Crippen molar-refractivity contribution in [2.24, 2.45) is 0 Å². The van der Waals surface area contributed by atoms with Crippen molar-refractivity contribution in [3.63, 3.8) is 0 Å². The number of aryl methyl sites for hydroxylation is 2. The van der Waals surface area contributed by atoms with Gasteiger partial charge in [-0.3, -0.25) is 9.59 Å². The molecule has 6 nitrogen and oxygen atoms in total. The van der Waals surface area contributed by atoms with Crippen LogP contribution in [0, 0.1) is 0 Å². The molecular weight excluding hydrogens is 360 g/mol. The summed E-state index contributed by atoms with van der Waals surface area (Å²) in [6.07, 6.45) is 1.69. The summed E-state index contributed by atoms with van der Waals surface area (Å²) in [5.41, 5.74) is 2.70. The minimum atomic E-state index is -0.301. The highest BCUT2D eigenvalue weighted by molar-refractivity contribution is 7.13. The normalized spacial score (nSPS) is 10.4. The largest absolute Gasteiger partial charge is 0.326 e. The zero-order valence-corrected chi connectivity index (χ0v) is 15.8. The Balaban J connectivity index is 1.49. The molecule has 0 unspecified atom stereocenters. The van der Waals surface area contributed by atoms with Gasteiger partial charge < -0.3 is 10.6 Å². The molecule has 0 aliphatic carbocycles. The van der Waals surface area contributed by atoms with Crippen LogP contribution in [0.2, 0.25) is 0 Å². The van der Waals surface area contributed by atoms with Crippen LogP contribution in [0.25, 0.3) is 0 Å². The van der Waals surface area contributed by atoms with Gasteiger partial charge in [-0.1, -0.05) is 48.6 Å². The Morgan fingerprint density at radius 3 is 2.33 bits per heavy atom. The number of para-hydroxylation sites is 1. The highest BCUT2D eigenvalue weighted by atomic mass is 32.1. The van der Waals surface area contributed by atoms with Crippen molar-refractivity contribution in [2.75, 3.05) is 10.6 Å². The molecule has 0 saturated carbocycles. The van der Waals surface area contributed by atoms with Gasteiger partial charge in [-0.2, -0.15) is 0 Å². The molecule has 0 radical (unpaired) electrons. The molecule has 0 aliphatic heterocycles. The molecule has 7 heteroatoms. The molecule has 2 N–H and O–H groups in total. The predicted molar refractivity (Wildman–Crippen MR) is 107 cm³/mol. The van der Waals surface area contributed by atoms with Gasteiger partial charge in [-0.05, 0) is 36.2 Å². The SMILES string of the molecule is CCc1ccc(NC(=O)CCc2nnc(C(=O)Nc3ccccc3)s2)cc1. The van der Waals surface area contributed by atoms with Crippen LogP contribution in [0.4, 0.5) is 11.4 Å². The molecule has 2 aromatic carbocycles. The van der Waals surface area contributed by atoms with Gasteiger partial charge in [0.25, 0.3) is 5.91 Å². The monoisotopic (exact) mass is 380 g/mol. The summed E-state index contributed by atoms with van der Waals surface area (Å²) in [5.74, 6) is -0.393. The maximum atomic E-state index is 12.2. The Bertz CT molecular complexity index is 907. The first-order valence-electron chi connectivity index (χ1n) is 8.71. The number of benzene rings is 2. The quantitative estimate of drug-likeness (QED) is 0.651. The predicted octanol–water partition coefficient (Wildman–Crippen LogP) is 3.92. The smallest absolute Gasteiger partial charge is 0.286 e. The van der Waals surface area contributed by atoms with E-state index in [1.165, 1.54) is 16.9 Å². The maximum absolute atomic E-state index is 12.2. The lowest BCUT2D eigenvalue weighted by molar-refractivity contribution is -0.116. The molecule has 0 atom stereocenters. The van der Waals surface area contributed by atoms with E-state index in [0.717, 1.165) is 12.1 Å². The number of amides is 2. The molecule has 27 heavy (non-hydrogen) atoms. The standard InChI is InChI=1S/C20H20N4O2S/c1-2-14-8-10-16(11-9-14)21-17(25)12-13-18-23-24-20(27-18)19(26)22-15-6-4-3-5-7-15/h3-11H,2,12-13H2,1H3,(H,21,25)(H,22,26). The van der Waals surface area contributed by atoms with Gasteiger partial charge >= 0.3 is 0 Å². The Morgan fingerprint density at radius 2 is 1.63 bits per heavy atom. The summed E-state index contributed by atoms with van der Waals surface area (Å²) in [7, 11) is 0. The molecule has 2 amide bonds. The average molecular weight is 380 g/mol. The number of nitrogens with zero attached hydrogens (tertiary/aromatic N) is 2. The number of hydrogen-bond acceptors (Lipinski definition) is 5. The summed E-state index contributed by atoms with van der Waals surface area (Å²) in [4.78, 5) is 24.3. The van der Waals surface area contributed by atoms with E-state index in [1.54, 1.807) is 12.1 Å². The first kappa shape index (κ1) is 18.7. The fourth-order valence-corrected chi connectivity index (χ4v) is 3.15. The summed E-state index contributed by atoms with van der Waals surface area (Å²) >= 11 is 1.20. The van der Waals surface area contributed by atoms with Crippen LogP contribution in [-0.4, -0.2) is 22.0 Å². The average Bonchev–Trinajstić information content (AvgIpc) is 3.17. The van der Waals surface area contributed by atoms with Crippen molar-refractivity contribution in [2.45, 2.75) is 26.2 Å². The lowest BCUT2D eigenvalue weighted by Crippen LogP contribution is -2.12. The minimum absolute atomic E-state index is 0.0928. The number of anilines is 2. The van der Waals surface area contributed by atoms with Crippen molar-refractivity contribution in [3.8, 4) is 0 Å². The van der Waals surface area contributed by atoms with Crippen LogP contribution in [0.15, 0.2) is 54.6 Å². The van der Waals surface area contributed by atoms with Crippen LogP contribution in [0.1, 0.15) is 33.7 Å². The zero-order valence-electron chi connectivity index (χ0n) is 14.9. The van der Waals surface area contributed by atoms with E-state index in [-0.39, 0.29) is 23.2 Å². The zero-order chi connectivity index (χ0) is 19.1. The second kappa shape index (κ2) is 9.05. The molecular formula is C20H20N4O2S. The van der Waals surface area contributed by atoms with Crippen molar-refractivity contribution < 1.29 is 9.59 Å². The first-order valence-corrected chi connectivity index (χ1v) is 9.53. The van der Waals surface area contributed by atoms with E-state index in [2.05, 4.69) is 27.8 Å². The lowest BCUT2D eigenvalue weighted by atomic mass is 10.1.